The van der Waals surface area contributed by atoms with E-state index in [1.165, 1.54) is 0 Å². The molecule has 3 aromatic carbocycles. The maximum absolute atomic E-state index is 12.1. The number of halogens is 2. The molecule has 0 radical (unpaired) electrons. The van der Waals surface area contributed by atoms with Gasteiger partial charge in [-0.1, -0.05) is 53.2 Å². The Morgan fingerprint density at radius 3 is 2.53 bits per heavy atom. The lowest BCUT2D eigenvalue weighted by Crippen LogP contribution is -2.13. The van der Waals surface area contributed by atoms with E-state index in [1.54, 1.807) is 30.5 Å². The number of carbonyl (C=O) groups excluding carboxylic acids is 1. The molecule has 0 fully saturated rings. The Morgan fingerprint density at radius 2 is 1.78 bits per heavy atom. The maximum atomic E-state index is 12.1. The molecule has 4 aromatic rings. The summed E-state index contributed by atoms with van der Waals surface area (Å²) in [4.78, 5) is 16.6. The molecular weight excluding hydrogens is 467 g/mol. The first kappa shape index (κ1) is 22.1. The zero-order chi connectivity index (χ0) is 22.3. The van der Waals surface area contributed by atoms with E-state index in [0.29, 0.717) is 26.8 Å². The highest BCUT2D eigenvalue weighted by molar-refractivity contribution is 7.99. The van der Waals surface area contributed by atoms with Crippen LogP contribution in [0.4, 0.5) is 11.4 Å². The molecule has 0 unspecified atom stereocenters. The molecular formula is C23H16Cl2N4O2S. The van der Waals surface area contributed by atoms with Gasteiger partial charge in [0.05, 0.1) is 11.4 Å². The third-order valence-electron chi connectivity index (χ3n) is 4.19. The average molecular weight is 483 g/mol. The van der Waals surface area contributed by atoms with Crippen molar-refractivity contribution < 1.29 is 9.21 Å². The summed E-state index contributed by atoms with van der Waals surface area (Å²) in [6.45, 7) is 0. The summed E-state index contributed by atoms with van der Waals surface area (Å²) in [7, 11) is 0. The Morgan fingerprint density at radius 1 is 1.00 bits per heavy atom. The summed E-state index contributed by atoms with van der Waals surface area (Å²) in [5.41, 5.74) is 3.14. The van der Waals surface area contributed by atoms with Crippen LogP contribution in [0.25, 0.3) is 11.5 Å². The Balaban J connectivity index is 1.32. The van der Waals surface area contributed by atoms with E-state index in [9.17, 15) is 4.79 Å². The van der Waals surface area contributed by atoms with Crippen molar-refractivity contribution in [3.8, 4) is 11.5 Å². The second-order valence-electron chi connectivity index (χ2n) is 6.58. The van der Waals surface area contributed by atoms with Gasteiger partial charge in [0.1, 0.15) is 0 Å². The van der Waals surface area contributed by atoms with Crippen LogP contribution in [0, 0.1) is 0 Å². The molecule has 0 saturated heterocycles. The molecule has 1 aromatic heterocycles. The number of benzene rings is 3. The van der Waals surface area contributed by atoms with Crippen molar-refractivity contribution in [1.29, 1.82) is 0 Å². The molecule has 32 heavy (non-hydrogen) atoms. The molecule has 0 aliphatic rings. The predicted molar refractivity (Wildman–Crippen MR) is 129 cm³/mol. The Hall–Kier alpha value is -3.13. The normalized spacial score (nSPS) is 11.1. The van der Waals surface area contributed by atoms with Gasteiger partial charge in [-0.05, 0) is 60.2 Å². The zero-order valence-corrected chi connectivity index (χ0v) is 18.9. The van der Waals surface area contributed by atoms with Gasteiger partial charge in [0.25, 0.3) is 5.22 Å². The second kappa shape index (κ2) is 10.5. The number of aliphatic imine (C=N–C) groups is 1. The third-order valence-corrected chi connectivity index (χ3v) is 5.49. The number of aromatic nitrogens is 2. The quantitative estimate of drug-likeness (QED) is 0.239. The summed E-state index contributed by atoms with van der Waals surface area (Å²) in [6, 6.07) is 21.8. The third kappa shape index (κ3) is 6.20. The molecule has 0 aliphatic heterocycles. The SMILES string of the molecule is O=C(CSc1nnc(-c2ccc(N=Cc3ccc(Cl)cc3)cc2)o1)Nc1cccc(Cl)c1. The van der Waals surface area contributed by atoms with E-state index in [2.05, 4.69) is 20.5 Å². The summed E-state index contributed by atoms with van der Waals surface area (Å²) in [5.74, 6) is 0.308. The Kier molecular flexibility index (Phi) is 7.21. The van der Waals surface area contributed by atoms with Gasteiger partial charge >= 0.3 is 0 Å². The number of nitrogens with zero attached hydrogens (tertiary/aromatic N) is 3. The van der Waals surface area contributed by atoms with E-state index in [1.807, 2.05) is 48.5 Å². The minimum Gasteiger partial charge on any atom is -0.411 e. The number of rotatable bonds is 7. The van der Waals surface area contributed by atoms with Crippen LogP contribution in [0.15, 0.2) is 87.4 Å². The summed E-state index contributed by atoms with van der Waals surface area (Å²) < 4.78 is 5.66. The van der Waals surface area contributed by atoms with Crippen LogP contribution >= 0.6 is 35.0 Å². The van der Waals surface area contributed by atoms with Gasteiger partial charge in [-0.3, -0.25) is 9.79 Å². The molecule has 4 rings (SSSR count). The van der Waals surface area contributed by atoms with Crippen LogP contribution in [0.1, 0.15) is 5.56 Å². The molecule has 9 heteroatoms. The van der Waals surface area contributed by atoms with Gasteiger partial charge in [-0.25, -0.2) is 0 Å². The number of nitrogens with one attached hydrogen (secondary N) is 1. The second-order valence-corrected chi connectivity index (χ2v) is 8.38. The smallest absolute Gasteiger partial charge is 0.277 e. The highest BCUT2D eigenvalue weighted by atomic mass is 35.5. The zero-order valence-electron chi connectivity index (χ0n) is 16.5. The van der Waals surface area contributed by atoms with Crippen molar-refractivity contribution in [3.05, 3.63) is 88.4 Å². The molecule has 0 saturated carbocycles. The van der Waals surface area contributed by atoms with E-state index >= 15 is 0 Å². The van der Waals surface area contributed by atoms with Crippen molar-refractivity contribution >= 4 is 58.5 Å². The van der Waals surface area contributed by atoms with Crippen LogP contribution in [-0.2, 0) is 4.79 Å². The van der Waals surface area contributed by atoms with Crippen LogP contribution in [0.5, 0.6) is 0 Å². The molecule has 160 valence electrons. The van der Waals surface area contributed by atoms with Crippen LogP contribution in [-0.4, -0.2) is 28.1 Å². The summed E-state index contributed by atoms with van der Waals surface area (Å²) in [6.07, 6.45) is 1.77. The highest BCUT2D eigenvalue weighted by Gasteiger charge is 2.11. The lowest BCUT2D eigenvalue weighted by Gasteiger charge is -2.03. The van der Waals surface area contributed by atoms with Gasteiger partial charge < -0.3 is 9.73 Å². The van der Waals surface area contributed by atoms with Crippen molar-refractivity contribution in [1.82, 2.24) is 10.2 Å². The van der Waals surface area contributed by atoms with E-state index < -0.39 is 0 Å². The summed E-state index contributed by atoms with van der Waals surface area (Å²) in [5, 5.41) is 12.4. The standard InChI is InChI=1S/C23H16Cl2N4O2S/c24-17-8-4-15(5-9-17)13-26-19-10-6-16(7-11-19)22-28-29-23(31-22)32-14-21(30)27-20-3-1-2-18(25)12-20/h1-13H,14H2,(H,27,30). The van der Waals surface area contributed by atoms with E-state index in [4.69, 9.17) is 27.6 Å². The number of hydrogen-bond donors (Lipinski definition) is 1. The number of carbonyl (C=O) groups is 1. The van der Waals surface area contributed by atoms with E-state index in [0.717, 1.165) is 28.6 Å². The minimum atomic E-state index is -0.195. The van der Waals surface area contributed by atoms with Gasteiger partial charge in [-0.15, -0.1) is 10.2 Å². The van der Waals surface area contributed by atoms with Crippen LogP contribution < -0.4 is 5.32 Å². The van der Waals surface area contributed by atoms with Crippen molar-refractivity contribution in [2.45, 2.75) is 5.22 Å². The first-order valence-electron chi connectivity index (χ1n) is 9.47. The molecule has 1 heterocycles. The molecule has 6 nitrogen and oxygen atoms in total. The first-order valence-corrected chi connectivity index (χ1v) is 11.2. The van der Waals surface area contributed by atoms with Crippen LogP contribution in [0.3, 0.4) is 0 Å². The average Bonchev–Trinajstić information content (AvgIpc) is 3.27. The maximum Gasteiger partial charge on any atom is 0.277 e. The molecule has 0 atom stereocenters. The van der Waals surface area contributed by atoms with Crippen LogP contribution in [0.2, 0.25) is 10.0 Å². The minimum absolute atomic E-state index is 0.131. The topological polar surface area (TPSA) is 80.4 Å². The Labute approximate surface area is 198 Å². The fraction of sp³-hybridized carbons (Fsp3) is 0.0435. The number of amides is 1. The molecule has 1 amide bonds. The summed E-state index contributed by atoms with van der Waals surface area (Å²) >= 11 is 13.0. The lowest BCUT2D eigenvalue weighted by molar-refractivity contribution is -0.113. The van der Waals surface area contributed by atoms with Gasteiger partial charge in [-0.2, -0.15) is 0 Å². The molecule has 1 N–H and O–H groups in total. The van der Waals surface area contributed by atoms with Crippen molar-refractivity contribution in [3.63, 3.8) is 0 Å². The van der Waals surface area contributed by atoms with E-state index in [-0.39, 0.29) is 11.7 Å². The predicted octanol–water partition coefficient (Wildman–Crippen LogP) is 6.52. The van der Waals surface area contributed by atoms with Crippen molar-refractivity contribution in [2.75, 3.05) is 11.1 Å². The van der Waals surface area contributed by atoms with Gasteiger partial charge in [0.2, 0.25) is 11.8 Å². The number of anilines is 1. The fourth-order valence-electron chi connectivity index (χ4n) is 2.66. The molecule has 0 bridgehead atoms. The fourth-order valence-corrected chi connectivity index (χ4v) is 3.54. The first-order chi connectivity index (χ1) is 15.5. The van der Waals surface area contributed by atoms with Gasteiger partial charge in [0.15, 0.2) is 0 Å². The lowest BCUT2D eigenvalue weighted by atomic mass is 10.2. The van der Waals surface area contributed by atoms with Crippen molar-refractivity contribution in [2.24, 2.45) is 4.99 Å². The monoisotopic (exact) mass is 482 g/mol. The highest BCUT2D eigenvalue weighted by Crippen LogP contribution is 2.25. The van der Waals surface area contributed by atoms with Gasteiger partial charge in [0, 0.05) is 27.5 Å². The number of thioether (sulfide) groups is 1. The molecule has 0 aliphatic carbocycles. The largest absolute Gasteiger partial charge is 0.411 e. The molecule has 0 spiro atoms. The number of hydrogen-bond acceptors (Lipinski definition) is 6. The Bertz CT molecular complexity index is 1240.